The second-order valence-corrected chi connectivity index (χ2v) is 6.58. The van der Waals surface area contributed by atoms with E-state index in [1.807, 2.05) is 0 Å². The van der Waals surface area contributed by atoms with Crippen molar-refractivity contribution in [3.05, 3.63) is 59.2 Å². The maximum absolute atomic E-state index is 12.3. The fraction of sp³-hybridized carbons (Fsp3) is 0.286. The Morgan fingerprint density at radius 2 is 1.71 bits per heavy atom. The number of unbranched alkanes of at least 4 members (excludes halogenated alkanes) is 2. The molecule has 0 bridgehead atoms. The van der Waals surface area contributed by atoms with Crippen LogP contribution in [-0.4, -0.2) is 36.3 Å². The van der Waals surface area contributed by atoms with Crippen molar-refractivity contribution < 1.29 is 19.1 Å². The minimum absolute atomic E-state index is 0.217. The van der Waals surface area contributed by atoms with E-state index in [0.717, 1.165) is 24.8 Å². The van der Waals surface area contributed by atoms with Gasteiger partial charge in [-0.05, 0) is 49.6 Å². The molecular formula is C21H23N3O4. The molecule has 1 aliphatic heterocycles. The van der Waals surface area contributed by atoms with Crippen LogP contribution in [0.25, 0.3) is 0 Å². The van der Waals surface area contributed by atoms with Crippen LogP contribution in [0.3, 0.4) is 0 Å². The predicted octanol–water partition coefficient (Wildman–Crippen LogP) is 2.36. The zero-order chi connectivity index (χ0) is 19.9. The molecule has 146 valence electrons. The van der Waals surface area contributed by atoms with E-state index >= 15 is 0 Å². The number of anilines is 1. The second-order valence-electron chi connectivity index (χ2n) is 6.58. The van der Waals surface area contributed by atoms with Crippen LogP contribution in [-0.2, 0) is 11.3 Å². The van der Waals surface area contributed by atoms with Crippen molar-refractivity contribution in [1.82, 2.24) is 10.2 Å². The summed E-state index contributed by atoms with van der Waals surface area (Å²) < 4.78 is 5.80. The Morgan fingerprint density at radius 1 is 1.00 bits per heavy atom. The standard InChI is InChI=1S/C21H23N3O4/c22-16-8-9-19(15(12-16)13-23-14-25)28-11-5-1-4-10-24-20(26)17-6-2-3-7-18(17)21(24)27/h2-3,6-9,12,14H,1,4-5,10-11,13,22H2,(H,23,25). The van der Waals surface area contributed by atoms with Gasteiger partial charge < -0.3 is 15.8 Å². The number of nitrogen functional groups attached to an aromatic ring is 1. The number of amides is 3. The first-order chi connectivity index (χ1) is 13.6. The van der Waals surface area contributed by atoms with Crippen LogP contribution in [0.1, 0.15) is 45.5 Å². The molecule has 2 aromatic rings. The molecule has 7 heteroatoms. The summed E-state index contributed by atoms with van der Waals surface area (Å²) in [5, 5.41) is 2.60. The number of nitrogens with zero attached hydrogens (tertiary/aromatic N) is 1. The Balaban J connectivity index is 1.42. The third-order valence-corrected chi connectivity index (χ3v) is 4.62. The quantitative estimate of drug-likeness (QED) is 0.285. The lowest BCUT2D eigenvalue weighted by Crippen LogP contribution is -2.30. The molecule has 3 amide bonds. The van der Waals surface area contributed by atoms with Gasteiger partial charge in [0.2, 0.25) is 6.41 Å². The van der Waals surface area contributed by atoms with E-state index in [1.165, 1.54) is 4.90 Å². The minimum Gasteiger partial charge on any atom is -0.493 e. The monoisotopic (exact) mass is 381 g/mol. The number of rotatable bonds is 10. The number of carbonyl (C=O) groups excluding carboxylic acids is 3. The van der Waals surface area contributed by atoms with Gasteiger partial charge in [-0.1, -0.05) is 12.1 Å². The molecule has 28 heavy (non-hydrogen) atoms. The highest BCUT2D eigenvalue weighted by atomic mass is 16.5. The van der Waals surface area contributed by atoms with Crippen LogP contribution in [0.4, 0.5) is 5.69 Å². The molecule has 0 saturated heterocycles. The van der Waals surface area contributed by atoms with Crippen molar-refractivity contribution in [3.63, 3.8) is 0 Å². The van der Waals surface area contributed by atoms with E-state index in [4.69, 9.17) is 10.5 Å². The summed E-state index contributed by atoms with van der Waals surface area (Å²) >= 11 is 0. The Bertz CT molecular complexity index is 847. The van der Waals surface area contributed by atoms with Gasteiger partial charge in [0.05, 0.1) is 17.7 Å². The lowest BCUT2D eigenvalue weighted by Gasteiger charge is -2.14. The van der Waals surface area contributed by atoms with Gasteiger partial charge in [0.15, 0.2) is 0 Å². The molecule has 0 spiro atoms. The van der Waals surface area contributed by atoms with Gasteiger partial charge in [0, 0.05) is 24.3 Å². The summed E-state index contributed by atoms with van der Waals surface area (Å²) in [5.41, 5.74) is 8.17. The summed E-state index contributed by atoms with van der Waals surface area (Å²) in [5.74, 6) is 0.251. The summed E-state index contributed by atoms with van der Waals surface area (Å²) in [4.78, 5) is 36.4. The van der Waals surface area contributed by atoms with Gasteiger partial charge in [0.25, 0.3) is 11.8 Å². The first-order valence-corrected chi connectivity index (χ1v) is 9.25. The van der Waals surface area contributed by atoms with Gasteiger partial charge in [-0.3, -0.25) is 19.3 Å². The molecule has 2 aromatic carbocycles. The fourth-order valence-electron chi connectivity index (χ4n) is 3.20. The van der Waals surface area contributed by atoms with Crippen molar-refractivity contribution in [2.45, 2.75) is 25.8 Å². The predicted molar refractivity (Wildman–Crippen MR) is 105 cm³/mol. The van der Waals surface area contributed by atoms with E-state index in [9.17, 15) is 14.4 Å². The smallest absolute Gasteiger partial charge is 0.261 e. The van der Waals surface area contributed by atoms with Gasteiger partial charge in [0.1, 0.15) is 5.75 Å². The third-order valence-electron chi connectivity index (χ3n) is 4.62. The Hall–Kier alpha value is -3.35. The molecule has 0 aliphatic carbocycles. The molecule has 0 radical (unpaired) electrons. The maximum atomic E-state index is 12.3. The van der Waals surface area contributed by atoms with Crippen LogP contribution in [0, 0.1) is 0 Å². The molecule has 0 fully saturated rings. The van der Waals surface area contributed by atoms with Gasteiger partial charge in [-0.2, -0.15) is 0 Å². The molecule has 0 saturated carbocycles. The van der Waals surface area contributed by atoms with Gasteiger partial charge in [-0.25, -0.2) is 0 Å². The van der Waals surface area contributed by atoms with E-state index < -0.39 is 0 Å². The number of ether oxygens (including phenoxy) is 1. The highest BCUT2D eigenvalue weighted by Crippen LogP contribution is 2.23. The average molecular weight is 381 g/mol. The van der Waals surface area contributed by atoms with Gasteiger partial charge in [-0.15, -0.1) is 0 Å². The van der Waals surface area contributed by atoms with Crippen LogP contribution in [0.15, 0.2) is 42.5 Å². The van der Waals surface area contributed by atoms with E-state index in [0.29, 0.717) is 48.7 Å². The molecular weight excluding hydrogens is 358 g/mol. The number of nitrogens with one attached hydrogen (secondary N) is 1. The second kappa shape index (κ2) is 9.03. The summed E-state index contributed by atoms with van der Waals surface area (Å²) in [6, 6.07) is 12.2. The van der Waals surface area contributed by atoms with E-state index in [1.54, 1.807) is 42.5 Å². The highest BCUT2D eigenvalue weighted by molar-refractivity contribution is 6.21. The van der Waals surface area contributed by atoms with Crippen molar-refractivity contribution >= 4 is 23.9 Å². The fourth-order valence-corrected chi connectivity index (χ4v) is 3.20. The largest absolute Gasteiger partial charge is 0.493 e. The SMILES string of the molecule is Nc1ccc(OCCCCCN2C(=O)c3ccccc3C2=O)c(CNC=O)c1. The number of hydrogen-bond donors (Lipinski definition) is 2. The van der Waals surface area contributed by atoms with Gasteiger partial charge >= 0.3 is 0 Å². The summed E-state index contributed by atoms with van der Waals surface area (Å²) in [6.45, 7) is 1.26. The Morgan fingerprint density at radius 3 is 2.39 bits per heavy atom. The van der Waals surface area contributed by atoms with Crippen LogP contribution in [0.2, 0.25) is 0 Å². The lowest BCUT2D eigenvalue weighted by molar-refractivity contribution is -0.109. The maximum Gasteiger partial charge on any atom is 0.261 e. The number of nitrogens with two attached hydrogens (primary N) is 1. The molecule has 3 rings (SSSR count). The van der Waals surface area contributed by atoms with Crippen molar-refractivity contribution in [3.8, 4) is 5.75 Å². The first kappa shape index (κ1) is 19.4. The lowest BCUT2D eigenvalue weighted by atomic mass is 10.1. The zero-order valence-electron chi connectivity index (χ0n) is 15.5. The van der Waals surface area contributed by atoms with Crippen molar-refractivity contribution in [2.75, 3.05) is 18.9 Å². The molecule has 0 unspecified atom stereocenters. The van der Waals surface area contributed by atoms with E-state index in [2.05, 4.69) is 5.32 Å². The average Bonchev–Trinajstić information content (AvgIpc) is 2.95. The van der Waals surface area contributed by atoms with Crippen molar-refractivity contribution in [2.24, 2.45) is 0 Å². The van der Waals surface area contributed by atoms with Crippen LogP contribution >= 0.6 is 0 Å². The number of benzene rings is 2. The normalized spacial score (nSPS) is 12.8. The van der Waals surface area contributed by atoms with E-state index in [-0.39, 0.29) is 11.8 Å². The number of carbonyl (C=O) groups is 3. The molecule has 0 atom stereocenters. The highest BCUT2D eigenvalue weighted by Gasteiger charge is 2.34. The van der Waals surface area contributed by atoms with Crippen molar-refractivity contribution in [1.29, 1.82) is 0 Å². The van der Waals surface area contributed by atoms with Crippen LogP contribution in [0.5, 0.6) is 5.75 Å². The zero-order valence-corrected chi connectivity index (χ0v) is 15.5. The number of fused-ring (bicyclic) bond motifs is 1. The molecule has 0 aromatic heterocycles. The Labute approximate surface area is 163 Å². The minimum atomic E-state index is -0.217. The molecule has 7 nitrogen and oxygen atoms in total. The molecule has 1 aliphatic rings. The summed E-state index contributed by atoms with van der Waals surface area (Å²) in [6.07, 6.45) is 2.96. The topological polar surface area (TPSA) is 102 Å². The third kappa shape index (κ3) is 4.31. The first-order valence-electron chi connectivity index (χ1n) is 9.25. The summed E-state index contributed by atoms with van der Waals surface area (Å²) in [7, 11) is 0. The Kier molecular flexibility index (Phi) is 6.26. The molecule has 1 heterocycles. The number of hydrogen-bond acceptors (Lipinski definition) is 5. The number of imide groups is 1. The van der Waals surface area contributed by atoms with Crippen LogP contribution < -0.4 is 15.8 Å². The molecule has 3 N–H and O–H groups in total.